The molecule has 1 aliphatic carbocycles. The van der Waals surface area contributed by atoms with Crippen molar-refractivity contribution < 1.29 is 23.9 Å². The fourth-order valence-electron chi connectivity index (χ4n) is 6.33. The Morgan fingerprint density at radius 1 is 0.959 bits per heavy atom. The van der Waals surface area contributed by atoms with Gasteiger partial charge >= 0.3 is 0 Å². The number of ether oxygens (including phenoxy) is 4. The van der Waals surface area contributed by atoms with Gasteiger partial charge in [0.1, 0.15) is 6.61 Å². The van der Waals surface area contributed by atoms with E-state index in [2.05, 4.69) is 40.8 Å². The Hall–Kier alpha value is -4.95. The number of benzene rings is 4. The van der Waals surface area contributed by atoms with Gasteiger partial charge in [-0.25, -0.2) is 4.99 Å². The summed E-state index contributed by atoms with van der Waals surface area (Å²) < 4.78 is 26.1. The minimum absolute atomic E-state index is 0.0191. The highest BCUT2D eigenvalue weighted by Gasteiger charge is 2.33. The van der Waals surface area contributed by atoms with Crippen LogP contribution in [0.5, 0.6) is 23.0 Å². The number of methoxy groups -OCH3 is 3. The third-order valence-electron chi connectivity index (χ3n) is 8.68. The van der Waals surface area contributed by atoms with Gasteiger partial charge in [-0.2, -0.15) is 0 Å². The molecule has 0 radical (unpaired) electrons. The molecule has 1 aromatic heterocycles. The zero-order valence-corrected chi connectivity index (χ0v) is 29.7. The van der Waals surface area contributed by atoms with Crippen LogP contribution in [0.25, 0.3) is 11.8 Å². The molecule has 5 aromatic rings. The Labute approximate surface area is 298 Å². The first-order valence-electron chi connectivity index (χ1n) is 15.4. The number of non-ortho nitro benzene ring substituents is 1. The van der Waals surface area contributed by atoms with Crippen LogP contribution >= 0.6 is 33.9 Å². The number of rotatable bonds is 9. The molecule has 10 nitrogen and oxygen atoms in total. The zero-order valence-electron chi connectivity index (χ0n) is 26.8. The largest absolute Gasteiger partial charge is 0.493 e. The highest BCUT2D eigenvalue weighted by molar-refractivity contribution is 14.1. The predicted octanol–water partition coefficient (Wildman–Crippen LogP) is 6.44. The van der Waals surface area contributed by atoms with Gasteiger partial charge in [0.15, 0.2) is 27.8 Å². The summed E-state index contributed by atoms with van der Waals surface area (Å²) in [6, 6.07) is 23.8. The highest BCUT2D eigenvalue weighted by atomic mass is 127. The summed E-state index contributed by atoms with van der Waals surface area (Å²) in [5, 5.41) is 11.0. The number of nitro groups is 1. The summed E-state index contributed by atoms with van der Waals surface area (Å²) in [4.78, 5) is 30.6. The lowest BCUT2D eigenvalue weighted by atomic mass is 9.83. The molecule has 12 heteroatoms. The minimum atomic E-state index is -0.435. The number of allylic oxidation sites excluding steroid dienone is 1. The molecule has 7 rings (SSSR count). The molecule has 0 spiro atoms. The van der Waals surface area contributed by atoms with E-state index in [0.717, 1.165) is 49.9 Å². The van der Waals surface area contributed by atoms with Crippen LogP contribution in [0.15, 0.2) is 94.2 Å². The number of thiazole rings is 1. The van der Waals surface area contributed by atoms with Crippen LogP contribution in [0.1, 0.15) is 40.3 Å². The lowest BCUT2D eigenvalue weighted by Crippen LogP contribution is -2.38. The van der Waals surface area contributed by atoms with Gasteiger partial charge in [0.2, 0.25) is 0 Å². The van der Waals surface area contributed by atoms with E-state index in [1.165, 1.54) is 29.0 Å². The van der Waals surface area contributed by atoms with Crippen molar-refractivity contribution >= 4 is 51.4 Å². The van der Waals surface area contributed by atoms with Gasteiger partial charge < -0.3 is 18.9 Å². The quantitative estimate of drug-likeness (QED) is 0.0961. The highest BCUT2D eigenvalue weighted by Crippen LogP contribution is 2.43. The van der Waals surface area contributed by atoms with Crippen LogP contribution < -0.4 is 33.8 Å². The van der Waals surface area contributed by atoms with Crippen molar-refractivity contribution in [3.63, 3.8) is 0 Å². The topological polar surface area (TPSA) is 114 Å². The molecule has 2 heterocycles. The summed E-state index contributed by atoms with van der Waals surface area (Å²) in [5.41, 5.74) is 6.69. The second-order valence-electron chi connectivity index (χ2n) is 11.5. The van der Waals surface area contributed by atoms with Crippen LogP contribution in [0.4, 0.5) is 5.69 Å². The van der Waals surface area contributed by atoms with Gasteiger partial charge in [-0.1, -0.05) is 41.7 Å². The Balaban J connectivity index is 1.31. The van der Waals surface area contributed by atoms with E-state index in [1.807, 2.05) is 42.5 Å². The lowest BCUT2D eigenvalue weighted by molar-refractivity contribution is -0.384. The first-order valence-corrected chi connectivity index (χ1v) is 17.3. The molecule has 2 aliphatic rings. The molecule has 0 saturated carbocycles. The molecule has 0 amide bonds. The van der Waals surface area contributed by atoms with Crippen molar-refractivity contribution in [2.45, 2.75) is 25.5 Å². The molecular weight excluding hydrogens is 757 g/mol. The molecule has 0 fully saturated rings. The number of halogens is 1. The summed E-state index contributed by atoms with van der Waals surface area (Å²) in [7, 11) is 4.77. The van der Waals surface area contributed by atoms with E-state index in [0.29, 0.717) is 32.3 Å². The Morgan fingerprint density at radius 2 is 1.71 bits per heavy atom. The summed E-state index contributed by atoms with van der Waals surface area (Å²) >= 11 is 3.54. The smallest absolute Gasteiger partial charge is 0.271 e. The zero-order chi connectivity index (χ0) is 34.2. The van der Waals surface area contributed by atoms with E-state index in [9.17, 15) is 14.9 Å². The lowest BCUT2D eigenvalue weighted by Gasteiger charge is -2.31. The van der Waals surface area contributed by atoms with Crippen molar-refractivity contribution in [2.75, 3.05) is 21.3 Å². The van der Waals surface area contributed by atoms with Crippen LogP contribution in [-0.4, -0.2) is 30.8 Å². The number of nitro benzene ring substituents is 1. The summed E-state index contributed by atoms with van der Waals surface area (Å²) in [5.74, 6) is 2.25. The fraction of sp³-hybridized carbons (Fsp3) is 0.189. The number of aryl methyl sites for hydroxylation is 1. The number of fused-ring (bicyclic) bond motifs is 3. The van der Waals surface area contributed by atoms with Gasteiger partial charge in [0.25, 0.3) is 11.2 Å². The second-order valence-corrected chi connectivity index (χ2v) is 13.6. The maximum absolute atomic E-state index is 14.3. The molecule has 1 atom stereocenters. The van der Waals surface area contributed by atoms with Gasteiger partial charge in [0, 0.05) is 17.7 Å². The predicted molar refractivity (Wildman–Crippen MR) is 195 cm³/mol. The van der Waals surface area contributed by atoms with Crippen molar-refractivity contribution in [2.24, 2.45) is 4.99 Å². The average Bonchev–Trinajstić information content (AvgIpc) is 3.43. The van der Waals surface area contributed by atoms with Gasteiger partial charge in [0.05, 0.1) is 46.1 Å². The maximum Gasteiger partial charge on any atom is 0.271 e. The minimum Gasteiger partial charge on any atom is -0.493 e. The summed E-state index contributed by atoms with van der Waals surface area (Å²) in [6.45, 7) is 0.201. The van der Waals surface area contributed by atoms with Crippen LogP contribution in [0.3, 0.4) is 0 Å². The normalized spacial score (nSPS) is 15.1. The Kier molecular flexibility index (Phi) is 8.99. The molecule has 4 aromatic carbocycles. The molecular formula is C37H30IN3O7S. The van der Waals surface area contributed by atoms with E-state index in [4.69, 9.17) is 23.9 Å². The number of aromatic nitrogens is 1. The number of hydrogen-bond acceptors (Lipinski definition) is 9. The van der Waals surface area contributed by atoms with Crippen LogP contribution in [0.2, 0.25) is 0 Å². The van der Waals surface area contributed by atoms with E-state index >= 15 is 0 Å². The van der Waals surface area contributed by atoms with Crippen molar-refractivity contribution in [3.05, 3.63) is 146 Å². The third-order valence-corrected chi connectivity index (χ3v) is 10.5. The van der Waals surface area contributed by atoms with Gasteiger partial charge in [-0.05, 0) is 106 Å². The Morgan fingerprint density at radius 3 is 2.45 bits per heavy atom. The van der Waals surface area contributed by atoms with Crippen molar-refractivity contribution in [3.8, 4) is 23.0 Å². The van der Waals surface area contributed by atoms with Crippen molar-refractivity contribution in [1.29, 1.82) is 0 Å². The monoisotopic (exact) mass is 787 g/mol. The van der Waals surface area contributed by atoms with Crippen molar-refractivity contribution in [1.82, 2.24) is 4.57 Å². The molecule has 49 heavy (non-hydrogen) atoms. The number of nitrogens with zero attached hydrogens (tertiary/aromatic N) is 3. The second kappa shape index (κ2) is 13.5. The molecule has 0 N–H and O–H groups in total. The molecule has 0 bridgehead atoms. The van der Waals surface area contributed by atoms with Crippen LogP contribution in [0, 0.1) is 13.7 Å². The standard InChI is InChI=1S/C37H30IN3O7S/c1-45-29-15-11-24(19-30(29)46-2)34-27-14-10-23-6-4-5-7-26(23)33(27)39-37-40(34)36(42)32(49-37)18-22-16-28(38)35(31(17-22)47-3)48-20-21-8-12-25(13-9-21)41(43)44/h4-9,11-13,15-19,34H,10,14,20H2,1-3H3/b32-18-/t34-/m0/s1. The molecule has 0 saturated heterocycles. The van der Waals surface area contributed by atoms with E-state index < -0.39 is 4.92 Å². The first kappa shape index (κ1) is 32.6. The average molecular weight is 788 g/mol. The van der Waals surface area contributed by atoms with Gasteiger partial charge in [-0.15, -0.1) is 0 Å². The molecule has 0 unspecified atom stereocenters. The molecule has 1 aliphatic heterocycles. The first-order chi connectivity index (χ1) is 23.8. The van der Waals surface area contributed by atoms with E-state index in [1.54, 1.807) is 38.0 Å². The maximum atomic E-state index is 14.3. The van der Waals surface area contributed by atoms with Gasteiger partial charge in [-0.3, -0.25) is 19.5 Å². The SMILES string of the molecule is COc1ccc([C@H]2C3=C(N=c4s/c(=C\c5cc(I)c(OCc6ccc([N+](=O)[O-])cc6)c(OC)c5)c(=O)n42)c2ccccc2CC3)cc1OC. The molecule has 248 valence electrons. The summed E-state index contributed by atoms with van der Waals surface area (Å²) in [6.07, 6.45) is 3.49. The fourth-order valence-corrected chi connectivity index (χ4v) is 8.11. The van der Waals surface area contributed by atoms with Crippen LogP contribution in [-0.2, 0) is 13.0 Å². The Bertz CT molecular complexity index is 2330. The number of hydrogen-bond donors (Lipinski definition) is 0. The van der Waals surface area contributed by atoms with E-state index in [-0.39, 0.29) is 23.9 Å². The third kappa shape index (κ3) is 6.10.